The molecule has 2 aliphatic heterocycles. The molecule has 6 nitrogen and oxygen atoms in total. The number of hydrogen-bond acceptors (Lipinski definition) is 7. The lowest BCUT2D eigenvalue weighted by Crippen LogP contribution is -2.39. The largest absolute Gasteiger partial charge is 0.381 e. The molecule has 4 N–H and O–H groups in total. The second-order valence-corrected chi connectivity index (χ2v) is 11.3. The first kappa shape index (κ1) is 24.3. The van der Waals surface area contributed by atoms with Gasteiger partial charge in [0.1, 0.15) is 6.10 Å². The molecule has 35 heavy (non-hydrogen) atoms. The smallest absolute Gasteiger partial charge is 0.249 e. The van der Waals surface area contributed by atoms with E-state index in [1.807, 2.05) is 29.6 Å². The molecule has 0 amide bonds. The van der Waals surface area contributed by atoms with Gasteiger partial charge in [-0.05, 0) is 49.2 Å². The maximum atomic E-state index is 11.8. The number of ether oxygens (including phenoxy) is 1. The van der Waals surface area contributed by atoms with Crippen molar-refractivity contribution in [2.45, 2.75) is 64.5 Å². The third-order valence-corrected chi connectivity index (χ3v) is 9.12. The Morgan fingerprint density at radius 1 is 1.17 bits per heavy atom. The Hall–Kier alpha value is -2.39. The van der Waals surface area contributed by atoms with Crippen LogP contribution in [-0.4, -0.2) is 36.8 Å². The first-order chi connectivity index (χ1) is 17.0. The van der Waals surface area contributed by atoms with Crippen molar-refractivity contribution in [2.75, 3.05) is 29.9 Å². The maximum absolute atomic E-state index is 11.8. The fourth-order valence-corrected chi connectivity index (χ4v) is 7.11. The summed E-state index contributed by atoms with van der Waals surface area (Å²) < 4.78 is 6.24. The van der Waals surface area contributed by atoms with Crippen molar-refractivity contribution in [3.8, 4) is 0 Å². The molecule has 1 aromatic heterocycles. The lowest BCUT2D eigenvalue weighted by atomic mass is 10.1. The van der Waals surface area contributed by atoms with E-state index in [-0.39, 0.29) is 23.7 Å². The topological polar surface area (TPSA) is 83.4 Å². The molecular formula is C27H32N4O2S2. The molecule has 0 bridgehead atoms. The summed E-state index contributed by atoms with van der Waals surface area (Å²) in [5.41, 5.74) is 9.40. The number of morpholine rings is 1. The van der Waals surface area contributed by atoms with E-state index < -0.39 is 0 Å². The maximum Gasteiger partial charge on any atom is 0.249 e. The van der Waals surface area contributed by atoms with Crippen molar-refractivity contribution in [2.24, 2.45) is 5.73 Å². The van der Waals surface area contributed by atoms with Gasteiger partial charge < -0.3 is 25.7 Å². The Morgan fingerprint density at radius 3 is 2.86 bits per heavy atom. The molecule has 2 aliphatic rings. The highest BCUT2D eigenvalue weighted by Gasteiger charge is 2.28. The highest BCUT2D eigenvalue weighted by molar-refractivity contribution is 8.05. The molecule has 3 heterocycles. The molecule has 3 atom stereocenters. The van der Waals surface area contributed by atoms with E-state index in [1.165, 1.54) is 25.1 Å². The number of nitrogens with one attached hydrogen (secondary N) is 2. The van der Waals surface area contributed by atoms with Crippen LogP contribution in [0.15, 0.2) is 79.1 Å². The number of pyridine rings is 1. The van der Waals surface area contributed by atoms with Crippen LogP contribution in [0.25, 0.3) is 0 Å². The summed E-state index contributed by atoms with van der Waals surface area (Å²) >= 11 is 3.64. The van der Waals surface area contributed by atoms with Gasteiger partial charge in [-0.2, -0.15) is 0 Å². The van der Waals surface area contributed by atoms with Crippen LogP contribution in [-0.2, 0) is 4.74 Å². The van der Waals surface area contributed by atoms with Crippen molar-refractivity contribution >= 4 is 34.9 Å². The summed E-state index contributed by atoms with van der Waals surface area (Å²) in [6.45, 7) is 6.38. The van der Waals surface area contributed by atoms with Crippen molar-refractivity contribution in [1.29, 1.82) is 0 Å². The molecule has 3 aromatic rings. The molecule has 0 radical (unpaired) electrons. The minimum Gasteiger partial charge on any atom is -0.381 e. The van der Waals surface area contributed by atoms with Gasteiger partial charge in [0.15, 0.2) is 0 Å². The third-order valence-electron chi connectivity index (χ3n) is 6.51. The normalized spacial score (nSPS) is 18.9. The van der Waals surface area contributed by atoms with Crippen LogP contribution >= 0.6 is 23.5 Å². The van der Waals surface area contributed by atoms with Crippen LogP contribution in [0.5, 0.6) is 0 Å². The van der Waals surface area contributed by atoms with E-state index in [0.717, 1.165) is 37.3 Å². The lowest BCUT2D eigenvalue weighted by Gasteiger charge is -2.36. The Balaban J connectivity index is 1.36. The monoisotopic (exact) mass is 508 g/mol. The summed E-state index contributed by atoms with van der Waals surface area (Å²) in [5.74, 6) is 0. The number of hydrogen-bond donors (Lipinski definition) is 3. The Morgan fingerprint density at radius 2 is 2.06 bits per heavy atom. The van der Waals surface area contributed by atoms with E-state index in [0.29, 0.717) is 6.61 Å². The van der Waals surface area contributed by atoms with Gasteiger partial charge in [0, 0.05) is 68.4 Å². The van der Waals surface area contributed by atoms with Gasteiger partial charge in [0.25, 0.3) is 0 Å². The molecule has 184 valence electrons. The molecule has 2 aromatic carbocycles. The molecule has 8 heteroatoms. The molecule has 0 saturated carbocycles. The highest BCUT2D eigenvalue weighted by atomic mass is 32.2. The van der Waals surface area contributed by atoms with Crippen LogP contribution in [0.3, 0.4) is 0 Å². The van der Waals surface area contributed by atoms with E-state index in [2.05, 4.69) is 65.4 Å². The summed E-state index contributed by atoms with van der Waals surface area (Å²) in [5, 5.41) is 3.64. The fraction of sp³-hybridized carbons (Fsp3) is 0.370. The van der Waals surface area contributed by atoms with E-state index >= 15 is 0 Å². The number of nitrogens with zero attached hydrogens (tertiary/aromatic N) is 1. The highest BCUT2D eigenvalue weighted by Crippen LogP contribution is 2.51. The van der Waals surface area contributed by atoms with Gasteiger partial charge >= 0.3 is 0 Å². The van der Waals surface area contributed by atoms with Crippen LogP contribution in [0.4, 0.5) is 11.4 Å². The van der Waals surface area contributed by atoms with Gasteiger partial charge in [-0.15, -0.1) is 0 Å². The quantitative estimate of drug-likeness (QED) is 0.304. The van der Waals surface area contributed by atoms with Crippen molar-refractivity contribution in [3.05, 3.63) is 70.6 Å². The van der Waals surface area contributed by atoms with Crippen molar-refractivity contribution in [3.63, 3.8) is 0 Å². The van der Waals surface area contributed by atoms with Crippen LogP contribution < -0.4 is 21.5 Å². The average Bonchev–Trinajstić information content (AvgIpc) is 2.87. The van der Waals surface area contributed by atoms with E-state index in [9.17, 15) is 4.79 Å². The number of H-pyrrole nitrogens is 1. The minimum atomic E-state index is -0.0815. The predicted molar refractivity (Wildman–Crippen MR) is 145 cm³/mol. The van der Waals surface area contributed by atoms with Gasteiger partial charge in [-0.3, -0.25) is 4.79 Å². The van der Waals surface area contributed by atoms with Crippen molar-refractivity contribution in [1.82, 2.24) is 4.98 Å². The molecule has 2 unspecified atom stereocenters. The van der Waals surface area contributed by atoms with E-state index in [4.69, 9.17) is 10.5 Å². The van der Waals surface area contributed by atoms with Gasteiger partial charge in [0.05, 0.1) is 6.61 Å². The third kappa shape index (κ3) is 5.40. The number of fused-ring (bicyclic) bond motifs is 2. The number of nitrogens with two attached hydrogens (primary N) is 1. The second-order valence-electron chi connectivity index (χ2n) is 9.16. The Bertz CT molecular complexity index is 1250. The number of anilines is 2. The zero-order chi connectivity index (χ0) is 24.4. The zero-order valence-corrected chi connectivity index (χ0v) is 21.8. The zero-order valence-electron chi connectivity index (χ0n) is 20.1. The minimum absolute atomic E-state index is 0.0468. The first-order valence-electron chi connectivity index (χ1n) is 12.2. The SMILES string of the molecule is CCCC(Nc1ccc2c(c1)Sc1cccc(C3CN(c4cc[nH]c(=O)c4)CCO3)c1S2)[C@H](C)N. The fourth-order valence-electron chi connectivity index (χ4n) is 4.66. The summed E-state index contributed by atoms with van der Waals surface area (Å²) in [4.78, 5) is 21.8. The van der Waals surface area contributed by atoms with Gasteiger partial charge in [0.2, 0.25) is 5.56 Å². The van der Waals surface area contributed by atoms with Crippen LogP contribution in [0.2, 0.25) is 0 Å². The van der Waals surface area contributed by atoms with Crippen molar-refractivity contribution < 1.29 is 4.74 Å². The second kappa shape index (κ2) is 10.7. The predicted octanol–water partition coefficient (Wildman–Crippen LogP) is 5.50. The summed E-state index contributed by atoms with van der Waals surface area (Å²) in [7, 11) is 0. The number of aromatic amines is 1. The standard InChI is InChI=1S/C27H32N4O2S2/c1-3-5-21(17(2)28)30-18-8-9-23-25(14-18)34-24-7-4-6-20(27(24)35-23)22-16-31(12-13-33-22)19-10-11-29-26(32)15-19/h4,6-11,14-15,17,21-22,30H,3,5,12-13,16,28H2,1-2H3,(H,29,32)/t17-,21?,22?/m0/s1. The molecule has 5 rings (SSSR count). The average molecular weight is 509 g/mol. The number of rotatable bonds is 7. The summed E-state index contributed by atoms with van der Waals surface area (Å²) in [6, 6.07) is 17.1. The number of aromatic nitrogens is 1. The molecule has 0 aliphatic carbocycles. The van der Waals surface area contributed by atoms with Crippen LogP contribution in [0, 0.1) is 0 Å². The lowest BCUT2D eigenvalue weighted by molar-refractivity contribution is 0.0379. The molecule has 1 fully saturated rings. The molecular weight excluding hydrogens is 476 g/mol. The Labute approximate surface area is 215 Å². The van der Waals surface area contributed by atoms with Gasteiger partial charge in [-0.1, -0.05) is 49.0 Å². The first-order valence-corrected chi connectivity index (χ1v) is 13.8. The summed E-state index contributed by atoms with van der Waals surface area (Å²) in [6.07, 6.45) is 3.82. The number of benzene rings is 2. The van der Waals surface area contributed by atoms with Crippen LogP contribution in [0.1, 0.15) is 38.4 Å². The molecule has 1 saturated heterocycles. The van der Waals surface area contributed by atoms with E-state index in [1.54, 1.807) is 12.3 Å². The molecule has 0 spiro atoms. The Kier molecular flexibility index (Phi) is 7.43. The van der Waals surface area contributed by atoms with Gasteiger partial charge in [-0.25, -0.2) is 0 Å².